The quantitative estimate of drug-likeness (QED) is 0.318. The standard InChI is InChI=1S/C18H23FN4O2S.HI/c1-13-11-15(5-8-17(13)19)12-23-18(21-2)22-10-9-14-3-6-16(7-4-14)26(20,24)25;/h3-8,11H,9-10,12H2,1-2H3,(H2,20,24,25)(H2,21,22,23);1H. The van der Waals surface area contributed by atoms with Crippen molar-refractivity contribution in [3.8, 4) is 0 Å². The Hall–Kier alpha value is -1.72. The number of primary sulfonamides is 1. The van der Waals surface area contributed by atoms with Gasteiger partial charge in [-0.05, 0) is 48.2 Å². The molecule has 148 valence electrons. The molecule has 2 aromatic rings. The van der Waals surface area contributed by atoms with Crippen molar-refractivity contribution in [2.75, 3.05) is 13.6 Å². The molecule has 0 unspecified atom stereocenters. The molecule has 0 saturated carbocycles. The van der Waals surface area contributed by atoms with Crippen LogP contribution in [0.5, 0.6) is 0 Å². The third-order valence-electron chi connectivity index (χ3n) is 3.86. The van der Waals surface area contributed by atoms with Crippen molar-refractivity contribution in [1.82, 2.24) is 10.6 Å². The second-order valence-electron chi connectivity index (χ2n) is 5.88. The number of aliphatic imine (C=N–C) groups is 1. The summed E-state index contributed by atoms with van der Waals surface area (Å²) >= 11 is 0. The summed E-state index contributed by atoms with van der Waals surface area (Å²) in [7, 11) is -1.99. The number of nitrogens with zero attached hydrogens (tertiary/aromatic N) is 1. The maximum absolute atomic E-state index is 13.3. The zero-order valence-electron chi connectivity index (χ0n) is 15.2. The van der Waals surface area contributed by atoms with Crippen LogP contribution >= 0.6 is 24.0 Å². The molecule has 0 bridgehead atoms. The molecule has 27 heavy (non-hydrogen) atoms. The molecule has 2 aromatic carbocycles. The molecular weight excluding hydrogens is 482 g/mol. The van der Waals surface area contributed by atoms with Gasteiger partial charge >= 0.3 is 0 Å². The summed E-state index contributed by atoms with van der Waals surface area (Å²) in [6.45, 7) is 2.88. The number of guanidine groups is 1. The average Bonchev–Trinajstić information content (AvgIpc) is 2.60. The number of benzene rings is 2. The SMILES string of the molecule is CN=C(NCCc1ccc(S(N)(=O)=O)cc1)NCc1ccc(F)c(C)c1.I. The average molecular weight is 506 g/mol. The van der Waals surface area contributed by atoms with Crippen LogP contribution in [0.1, 0.15) is 16.7 Å². The molecule has 9 heteroatoms. The van der Waals surface area contributed by atoms with Gasteiger partial charge < -0.3 is 10.6 Å². The molecule has 2 rings (SSSR count). The molecule has 0 aliphatic carbocycles. The maximum Gasteiger partial charge on any atom is 0.238 e. The Morgan fingerprint density at radius 3 is 2.30 bits per heavy atom. The van der Waals surface area contributed by atoms with Crippen molar-refractivity contribution in [3.05, 3.63) is 65.0 Å². The van der Waals surface area contributed by atoms with Crippen LogP contribution in [0.3, 0.4) is 0 Å². The second kappa shape index (κ2) is 10.6. The van der Waals surface area contributed by atoms with Crippen molar-refractivity contribution >= 4 is 40.0 Å². The lowest BCUT2D eigenvalue weighted by molar-refractivity contribution is 0.597. The maximum atomic E-state index is 13.3. The Labute approximate surface area is 176 Å². The number of nitrogens with one attached hydrogen (secondary N) is 2. The van der Waals surface area contributed by atoms with E-state index in [-0.39, 0.29) is 34.7 Å². The summed E-state index contributed by atoms with van der Waals surface area (Å²) in [4.78, 5) is 4.24. The van der Waals surface area contributed by atoms with Gasteiger partial charge in [0.05, 0.1) is 4.90 Å². The molecule has 0 aromatic heterocycles. The molecule has 4 N–H and O–H groups in total. The number of halogens is 2. The molecule has 0 amide bonds. The zero-order valence-corrected chi connectivity index (χ0v) is 18.3. The highest BCUT2D eigenvalue weighted by Crippen LogP contribution is 2.10. The first-order valence-electron chi connectivity index (χ1n) is 8.11. The molecule has 0 saturated heterocycles. The summed E-state index contributed by atoms with van der Waals surface area (Å²) in [6.07, 6.45) is 0.696. The highest BCUT2D eigenvalue weighted by molar-refractivity contribution is 14.0. The number of nitrogens with two attached hydrogens (primary N) is 1. The lowest BCUT2D eigenvalue weighted by Gasteiger charge is -2.12. The van der Waals surface area contributed by atoms with E-state index in [1.54, 1.807) is 38.2 Å². The summed E-state index contributed by atoms with van der Waals surface area (Å²) in [6, 6.07) is 11.4. The van der Waals surface area contributed by atoms with Crippen LogP contribution in [0.4, 0.5) is 4.39 Å². The Morgan fingerprint density at radius 1 is 1.11 bits per heavy atom. The summed E-state index contributed by atoms with van der Waals surface area (Å²) < 4.78 is 35.8. The lowest BCUT2D eigenvalue weighted by atomic mass is 10.1. The second-order valence-corrected chi connectivity index (χ2v) is 7.44. The van der Waals surface area contributed by atoms with Gasteiger partial charge in [0.2, 0.25) is 10.0 Å². The molecule has 0 atom stereocenters. The highest BCUT2D eigenvalue weighted by atomic mass is 127. The van der Waals surface area contributed by atoms with Crippen molar-refractivity contribution in [2.45, 2.75) is 24.8 Å². The summed E-state index contributed by atoms with van der Waals surface area (Å²) in [5.74, 6) is 0.415. The van der Waals surface area contributed by atoms with Gasteiger partial charge in [0, 0.05) is 20.1 Å². The number of sulfonamides is 1. The number of aryl methyl sites for hydroxylation is 1. The van der Waals surface area contributed by atoms with E-state index in [0.29, 0.717) is 31.0 Å². The summed E-state index contributed by atoms with van der Waals surface area (Å²) in [5, 5.41) is 11.4. The first kappa shape index (κ1) is 23.3. The van der Waals surface area contributed by atoms with Crippen molar-refractivity contribution in [3.63, 3.8) is 0 Å². The van der Waals surface area contributed by atoms with E-state index < -0.39 is 10.0 Å². The van der Waals surface area contributed by atoms with E-state index in [4.69, 9.17) is 5.14 Å². The van der Waals surface area contributed by atoms with E-state index in [1.165, 1.54) is 18.2 Å². The van der Waals surface area contributed by atoms with Gasteiger partial charge in [0.25, 0.3) is 0 Å². The third kappa shape index (κ3) is 7.43. The van der Waals surface area contributed by atoms with Crippen LogP contribution in [0.2, 0.25) is 0 Å². The van der Waals surface area contributed by atoms with Gasteiger partial charge in [-0.25, -0.2) is 17.9 Å². The number of hydrogen-bond acceptors (Lipinski definition) is 3. The van der Waals surface area contributed by atoms with Crippen LogP contribution in [0.25, 0.3) is 0 Å². The fourth-order valence-corrected chi connectivity index (χ4v) is 2.91. The van der Waals surface area contributed by atoms with Gasteiger partial charge in [-0.1, -0.05) is 24.3 Å². The van der Waals surface area contributed by atoms with Gasteiger partial charge in [-0.2, -0.15) is 0 Å². The topological polar surface area (TPSA) is 96.6 Å². The minimum atomic E-state index is -3.67. The molecule has 0 radical (unpaired) electrons. The Kier molecular flexibility index (Phi) is 9.13. The molecule has 0 spiro atoms. The van der Waals surface area contributed by atoms with E-state index in [0.717, 1.165) is 11.1 Å². The normalized spacial score (nSPS) is 11.6. The molecule has 0 heterocycles. The molecule has 6 nitrogen and oxygen atoms in total. The van der Waals surface area contributed by atoms with E-state index in [2.05, 4.69) is 15.6 Å². The van der Waals surface area contributed by atoms with E-state index in [9.17, 15) is 12.8 Å². The van der Waals surface area contributed by atoms with Crippen LogP contribution in [-0.2, 0) is 23.0 Å². The third-order valence-corrected chi connectivity index (χ3v) is 4.79. The number of rotatable bonds is 6. The molecule has 0 fully saturated rings. The first-order valence-corrected chi connectivity index (χ1v) is 9.65. The van der Waals surface area contributed by atoms with Gasteiger partial charge in [0.15, 0.2) is 5.96 Å². The minimum absolute atomic E-state index is 0. The minimum Gasteiger partial charge on any atom is -0.356 e. The van der Waals surface area contributed by atoms with Crippen LogP contribution < -0.4 is 15.8 Å². The van der Waals surface area contributed by atoms with E-state index in [1.807, 2.05) is 0 Å². The Balaban J connectivity index is 0.00000364. The fourth-order valence-electron chi connectivity index (χ4n) is 2.39. The fraction of sp³-hybridized carbons (Fsp3) is 0.278. The zero-order chi connectivity index (χ0) is 19.2. The van der Waals surface area contributed by atoms with Crippen molar-refractivity contribution in [2.24, 2.45) is 10.1 Å². The molecular formula is C18H24FIN4O2S. The van der Waals surface area contributed by atoms with Crippen molar-refractivity contribution < 1.29 is 12.8 Å². The van der Waals surface area contributed by atoms with Gasteiger partial charge in [-0.15, -0.1) is 24.0 Å². The monoisotopic (exact) mass is 506 g/mol. The largest absolute Gasteiger partial charge is 0.356 e. The summed E-state index contributed by atoms with van der Waals surface area (Å²) in [5.41, 5.74) is 2.55. The van der Waals surface area contributed by atoms with Gasteiger partial charge in [0.1, 0.15) is 5.82 Å². The van der Waals surface area contributed by atoms with Crippen molar-refractivity contribution in [1.29, 1.82) is 0 Å². The molecule has 0 aliphatic rings. The predicted molar refractivity (Wildman–Crippen MR) is 116 cm³/mol. The van der Waals surface area contributed by atoms with Crippen LogP contribution in [0.15, 0.2) is 52.4 Å². The predicted octanol–water partition coefficient (Wildman–Crippen LogP) is 2.31. The Bertz CT molecular complexity index is 887. The van der Waals surface area contributed by atoms with Crippen LogP contribution in [0, 0.1) is 12.7 Å². The smallest absolute Gasteiger partial charge is 0.238 e. The first-order chi connectivity index (χ1) is 12.3. The highest BCUT2D eigenvalue weighted by Gasteiger charge is 2.07. The number of hydrogen-bond donors (Lipinski definition) is 3. The molecule has 0 aliphatic heterocycles. The van der Waals surface area contributed by atoms with E-state index >= 15 is 0 Å². The van der Waals surface area contributed by atoms with Crippen LogP contribution in [-0.4, -0.2) is 28.0 Å². The lowest BCUT2D eigenvalue weighted by Crippen LogP contribution is -2.37. The Morgan fingerprint density at radius 2 is 1.74 bits per heavy atom. The van der Waals surface area contributed by atoms with Gasteiger partial charge in [-0.3, -0.25) is 4.99 Å².